The number of esters is 3. The maximum atomic E-state index is 12.9. The number of aliphatic hydroxyl groups is 2. The van der Waals surface area contributed by atoms with Crippen LogP contribution in [0.5, 0.6) is 0 Å². The van der Waals surface area contributed by atoms with Gasteiger partial charge in [0, 0.05) is 19.3 Å². The molecule has 0 aliphatic rings. The van der Waals surface area contributed by atoms with Gasteiger partial charge in [0.25, 0.3) is 0 Å². The zero-order valence-electron chi connectivity index (χ0n) is 61.4. The van der Waals surface area contributed by atoms with Gasteiger partial charge in [0.2, 0.25) is 0 Å². The van der Waals surface area contributed by atoms with Crippen molar-refractivity contribution in [2.75, 3.05) is 39.6 Å². The van der Waals surface area contributed by atoms with Crippen molar-refractivity contribution in [3.05, 3.63) is 158 Å². The van der Waals surface area contributed by atoms with E-state index in [2.05, 4.69) is 179 Å². The Balaban J connectivity index is 4.58. The van der Waals surface area contributed by atoms with E-state index in [1.807, 2.05) is 0 Å². The van der Waals surface area contributed by atoms with Crippen LogP contribution in [-0.2, 0) is 55.8 Å². The second-order valence-electron chi connectivity index (χ2n) is 24.7. The smallest absolute Gasteiger partial charge is 0.463 e. The molecule has 564 valence electrons. The molecule has 0 heterocycles. The quantitative estimate of drug-likeness (QED) is 0.0146. The van der Waals surface area contributed by atoms with E-state index in [0.29, 0.717) is 19.3 Å². The van der Waals surface area contributed by atoms with Gasteiger partial charge < -0.3 is 34.2 Å². The molecule has 0 aliphatic heterocycles. The Morgan fingerprint density at radius 1 is 0.293 bits per heavy atom. The van der Waals surface area contributed by atoms with Crippen LogP contribution in [0.1, 0.15) is 278 Å². The highest BCUT2D eigenvalue weighted by Crippen LogP contribution is 2.45. The van der Waals surface area contributed by atoms with Crippen molar-refractivity contribution in [2.45, 2.75) is 296 Å². The number of hydrogen-bond donors (Lipinski definition) is 4. The predicted molar refractivity (Wildman–Crippen MR) is 408 cm³/mol. The number of allylic oxidation sites excluding steroid dienone is 26. The van der Waals surface area contributed by atoms with Crippen molar-refractivity contribution in [3.8, 4) is 0 Å². The molecule has 0 aromatic heterocycles. The van der Waals surface area contributed by atoms with E-state index >= 15 is 0 Å². The molecule has 0 radical (unpaired) electrons. The molecular weight excluding hydrogens is 1290 g/mol. The van der Waals surface area contributed by atoms with Gasteiger partial charge in [-0.15, -0.1) is 0 Å². The minimum absolute atomic E-state index is 0.0764. The minimum Gasteiger partial charge on any atom is -0.463 e. The van der Waals surface area contributed by atoms with Gasteiger partial charge in [0.05, 0.1) is 26.4 Å². The molecule has 18 heteroatoms. The minimum atomic E-state index is -4.94. The monoisotopic (exact) mass is 1420 g/mol. The summed E-state index contributed by atoms with van der Waals surface area (Å²) < 4.78 is 61.0. The van der Waals surface area contributed by atoms with Crippen LogP contribution in [0.3, 0.4) is 0 Å². The lowest BCUT2D eigenvalue weighted by molar-refractivity contribution is -0.161. The lowest BCUT2D eigenvalue weighted by Crippen LogP contribution is -2.30. The van der Waals surface area contributed by atoms with E-state index in [-0.39, 0.29) is 19.3 Å². The highest BCUT2D eigenvalue weighted by molar-refractivity contribution is 7.47. The van der Waals surface area contributed by atoms with Crippen molar-refractivity contribution in [1.29, 1.82) is 0 Å². The molecule has 99 heavy (non-hydrogen) atoms. The van der Waals surface area contributed by atoms with Crippen LogP contribution in [0.15, 0.2) is 158 Å². The Labute approximate surface area is 600 Å². The molecule has 0 aliphatic carbocycles. The van der Waals surface area contributed by atoms with Crippen LogP contribution >= 0.6 is 15.6 Å². The lowest BCUT2D eigenvalue weighted by Gasteiger charge is -2.21. The SMILES string of the molecule is CC/C=C\C/C=C\C/C=C\C/C=C\C/C=C\C/C=C\CCCCCCCCCCCCC(=O)OCC(O)COP(=O)(O)OCC(O)COP(=O)(O)OCC(COC(=O)CCCCC/C=C\C/C=C\C/C=C\C/C=C\C/C=C\CC)OC(=O)CCCCCCC/C=C\C/C=C\CCCCC. The Kier molecular flexibility index (Phi) is 69.4. The molecule has 4 N–H and O–H groups in total. The van der Waals surface area contributed by atoms with Crippen molar-refractivity contribution < 1.29 is 75.8 Å². The Morgan fingerprint density at radius 3 is 0.859 bits per heavy atom. The first-order chi connectivity index (χ1) is 48.2. The summed E-state index contributed by atoms with van der Waals surface area (Å²) in [4.78, 5) is 58.5. The topological polar surface area (TPSA) is 231 Å². The first-order valence-corrected chi connectivity index (χ1v) is 40.8. The molecule has 0 aromatic rings. The number of carbonyl (C=O) groups is 3. The summed E-state index contributed by atoms with van der Waals surface area (Å²) in [5.41, 5.74) is 0. The fourth-order valence-corrected chi connectivity index (χ4v) is 11.1. The van der Waals surface area contributed by atoms with Gasteiger partial charge in [-0.25, -0.2) is 9.13 Å². The lowest BCUT2D eigenvalue weighted by atomic mass is 10.1. The average Bonchev–Trinajstić information content (AvgIpc) is 1.73. The number of rotatable bonds is 70. The van der Waals surface area contributed by atoms with Crippen molar-refractivity contribution in [2.24, 2.45) is 0 Å². The number of phosphoric acid groups is 2. The van der Waals surface area contributed by atoms with E-state index < -0.39 is 91.5 Å². The molecule has 0 aromatic carbocycles. The highest BCUT2D eigenvalue weighted by Gasteiger charge is 2.29. The summed E-state index contributed by atoms with van der Waals surface area (Å²) in [6.45, 7) is 2.35. The molecule has 0 rings (SSSR count). The third-order valence-corrected chi connectivity index (χ3v) is 17.1. The largest absolute Gasteiger partial charge is 0.472 e. The number of aliphatic hydroxyl groups excluding tert-OH is 2. The highest BCUT2D eigenvalue weighted by atomic mass is 31.2. The van der Waals surface area contributed by atoms with Crippen molar-refractivity contribution >= 4 is 33.6 Å². The van der Waals surface area contributed by atoms with E-state index in [1.54, 1.807) is 0 Å². The van der Waals surface area contributed by atoms with Crippen molar-refractivity contribution in [3.63, 3.8) is 0 Å². The summed E-state index contributed by atoms with van der Waals surface area (Å²) >= 11 is 0. The fourth-order valence-electron chi connectivity index (χ4n) is 9.51. The number of phosphoric ester groups is 2. The maximum Gasteiger partial charge on any atom is 0.472 e. The number of hydrogen-bond acceptors (Lipinski definition) is 14. The maximum absolute atomic E-state index is 12.9. The van der Waals surface area contributed by atoms with Gasteiger partial charge in [-0.3, -0.25) is 32.5 Å². The predicted octanol–water partition coefficient (Wildman–Crippen LogP) is 21.9. The summed E-state index contributed by atoms with van der Waals surface area (Å²) in [5.74, 6) is -1.64. The molecule has 0 saturated heterocycles. The second kappa shape index (κ2) is 72.9. The van der Waals surface area contributed by atoms with E-state index in [4.69, 9.17) is 32.3 Å². The summed E-state index contributed by atoms with van der Waals surface area (Å²) in [5, 5.41) is 20.6. The molecule has 0 bridgehead atoms. The second-order valence-corrected chi connectivity index (χ2v) is 27.6. The number of unbranched alkanes of at least 4 members (excludes halogenated alkanes) is 21. The van der Waals surface area contributed by atoms with Crippen LogP contribution in [0.2, 0.25) is 0 Å². The first-order valence-electron chi connectivity index (χ1n) is 37.8. The molecule has 0 spiro atoms. The third-order valence-electron chi connectivity index (χ3n) is 15.2. The van der Waals surface area contributed by atoms with E-state index in [9.17, 15) is 43.5 Å². The standard InChI is InChI=1S/C81H134O16P2/c1-4-7-10-13-16-19-22-25-28-30-32-33-34-35-36-37-38-39-40-41-43-45-47-49-52-55-58-61-64-67-79(84)91-70-76(82)71-93-98(87,88)94-72-77(83)73-95-99(89,90)96-75-78(97-81(86)69-66-63-60-57-54-51-46-27-24-21-18-15-12-9-6-3)74-92-80(85)68-65-62-59-56-53-50-48-44-42-31-29-26-23-20-17-14-11-8-5-2/h7-8,10-11,16-21,25-29,32-33,35-36,38-39,42,44,46,50,53,76-78,82-83H,4-6,9,12-15,22-24,30-31,34,37,40-41,43,45,47-49,51-52,54-75H2,1-3H3,(H,87,88)(H,89,90)/b10-7-,11-8-,19-16-,20-17-,21-18-,28-25-,29-26-,33-32-,36-35-,39-38-,44-42-,46-27-,53-50-. The number of carbonyl (C=O) groups excluding carboxylic acids is 3. The summed E-state index contributed by atoms with van der Waals surface area (Å²) in [6.07, 6.45) is 90.1. The molecule has 16 nitrogen and oxygen atoms in total. The zero-order chi connectivity index (χ0) is 72.3. The molecule has 5 atom stereocenters. The Bertz CT molecular complexity index is 2430. The van der Waals surface area contributed by atoms with E-state index in [1.165, 1.54) is 51.4 Å². The molecule has 0 amide bonds. The first kappa shape index (κ1) is 94.2. The van der Waals surface area contributed by atoms with Gasteiger partial charge in [-0.05, 0) is 148 Å². The van der Waals surface area contributed by atoms with Gasteiger partial charge in [0.15, 0.2) is 6.10 Å². The Hall–Kier alpha value is -4.83. The van der Waals surface area contributed by atoms with E-state index in [0.717, 1.165) is 167 Å². The van der Waals surface area contributed by atoms with Crippen LogP contribution in [-0.4, -0.2) is 95.9 Å². The van der Waals surface area contributed by atoms with Gasteiger partial charge in [0.1, 0.15) is 25.4 Å². The molecule has 0 saturated carbocycles. The molecule has 0 fully saturated rings. The van der Waals surface area contributed by atoms with Crippen LogP contribution in [0, 0.1) is 0 Å². The van der Waals surface area contributed by atoms with Crippen molar-refractivity contribution in [1.82, 2.24) is 0 Å². The zero-order valence-corrected chi connectivity index (χ0v) is 63.1. The molecular formula is C81H134O16P2. The van der Waals surface area contributed by atoms with Crippen LogP contribution < -0.4 is 0 Å². The van der Waals surface area contributed by atoms with Gasteiger partial charge in [-0.2, -0.15) is 0 Å². The van der Waals surface area contributed by atoms with Gasteiger partial charge >= 0.3 is 33.6 Å². The fraction of sp³-hybridized carbons (Fsp3) is 0.642. The molecule has 5 unspecified atom stereocenters. The van der Waals surface area contributed by atoms with Gasteiger partial charge in [-0.1, -0.05) is 269 Å². The summed E-state index contributed by atoms with van der Waals surface area (Å²) in [7, 11) is -9.81. The van der Waals surface area contributed by atoms with Crippen LogP contribution in [0.25, 0.3) is 0 Å². The summed E-state index contributed by atoms with van der Waals surface area (Å²) in [6, 6.07) is 0. The normalized spacial score (nSPS) is 14.9. The Morgan fingerprint density at radius 2 is 0.535 bits per heavy atom. The third kappa shape index (κ3) is 74.2. The number of ether oxygens (including phenoxy) is 3. The average molecular weight is 1430 g/mol. The van der Waals surface area contributed by atoms with Crippen LogP contribution in [0.4, 0.5) is 0 Å².